The summed E-state index contributed by atoms with van der Waals surface area (Å²) in [5.74, 6) is 5.00. The number of hydrogen-bond acceptors (Lipinski definition) is 10. The van der Waals surface area contributed by atoms with Crippen LogP contribution in [-0.2, 0) is 48.1 Å². The Morgan fingerprint density at radius 1 is 0.638 bits per heavy atom. The number of methoxy groups -OCH3 is 1. The summed E-state index contributed by atoms with van der Waals surface area (Å²) in [6, 6.07) is 32.1. The summed E-state index contributed by atoms with van der Waals surface area (Å²) in [7, 11) is 5.57. The molecule has 1 heterocycles. The van der Waals surface area contributed by atoms with Gasteiger partial charge in [-0.1, -0.05) is 55.6 Å². The second-order valence-electron chi connectivity index (χ2n) is 25.5. The van der Waals surface area contributed by atoms with Crippen LogP contribution in [0, 0.1) is 0 Å². The number of fused-ring (bicyclic) bond motifs is 4. The van der Waals surface area contributed by atoms with E-state index >= 15 is 0 Å². The number of carbonyl (C=O) groups is 2. The molecule has 1 aliphatic heterocycles. The van der Waals surface area contributed by atoms with E-state index in [0.29, 0.717) is 30.6 Å². The molecule has 0 bridgehead atoms. The zero-order chi connectivity index (χ0) is 68.3. The van der Waals surface area contributed by atoms with Gasteiger partial charge in [-0.15, -0.1) is 0 Å². The number of ketones is 1. The minimum atomic E-state index is -4.76. The van der Waals surface area contributed by atoms with Gasteiger partial charge in [-0.05, 0) is 79.4 Å². The molecule has 490 valence electrons. The maximum absolute atomic E-state index is 14.6. The van der Waals surface area contributed by atoms with E-state index in [1.807, 2.05) is 86.5 Å². The third-order valence-corrected chi connectivity index (χ3v) is 25.3. The average Bonchev–Trinajstić information content (AvgIpc) is 0.717. The van der Waals surface area contributed by atoms with Crippen LogP contribution in [0.5, 0.6) is 5.75 Å². The van der Waals surface area contributed by atoms with Crippen LogP contribution in [0.4, 0.5) is 32.0 Å². The molecular formula is C73H80B2F6GeN5O7+. The SMILES string of the molecule is C=C(C)C(=O)CCCCN(Cc1cc(C(F)(F)F)ccc1B(O)O)Cc1c2ccccc2c(CN(CCCNC(=O)C(=C)C)Cc2cc(C(F)(F)F)ccc2B(O)O)c2ccc(-c3ccc(OC)c(C4=C5C=CC(=[N+](C)C)C=[C]5[Ge]([CH3])([CH3])[c]5cc(N(C)C)ccc54)c3)cc12. The van der Waals surface area contributed by atoms with Crippen LogP contribution >= 0.6 is 0 Å². The summed E-state index contributed by atoms with van der Waals surface area (Å²) >= 11 is -3.07. The Balaban J connectivity index is 1.29. The van der Waals surface area contributed by atoms with Gasteiger partial charge in [0, 0.05) is 38.2 Å². The van der Waals surface area contributed by atoms with Gasteiger partial charge in [-0.25, -0.2) is 0 Å². The molecule has 0 saturated heterocycles. The maximum atomic E-state index is 14.6. The molecule has 0 aromatic heterocycles. The van der Waals surface area contributed by atoms with Crippen molar-refractivity contribution in [2.75, 3.05) is 59.8 Å². The first-order chi connectivity index (χ1) is 44.4. The average molecular weight is 1350 g/mol. The number of nitrogens with zero attached hydrogens (tertiary/aromatic N) is 4. The molecule has 21 heteroatoms. The second kappa shape index (κ2) is 29.0. The Kier molecular flexibility index (Phi) is 21.8. The predicted octanol–water partition coefficient (Wildman–Crippen LogP) is 11.0. The molecule has 2 aliphatic rings. The second-order valence-corrected chi connectivity index (χ2v) is 34.5. The van der Waals surface area contributed by atoms with Crippen LogP contribution in [0.15, 0.2) is 168 Å². The van der Waals surface area contributed by atoms with Crippen LogP contribution in [0.25, 0.3) is 38.2 Å². The van der Waals surface area contributed by atoms with Crippen LogP contribution in [-0.4, -0.2) is 134 Å². The van der Waals surface area contributed by atoms with Crippen molar-refractivity contribution in [3.05, 3.63) is 212 Å². The first kappa shape index (κ1) is 70.5. The van der Waals surface area contributed by atoms with Gasteiger partial charge >= 0.3 is 290 Å². The van der Waals surface area contributed by atoms with Gasteiger partial charge in [0.05, 0.1) is 11.1 Å². The van der Waals surface area contributed by atoms with E-state index in [2.05, 4.69) is 88.0 Å². The van der Waals surface area contributed by atoms with E-state index in [4.69, 9.17) is 4.74 Å². The number of ether oxygens (including phenoxy) is 1. The molecule has 5 N–H and O–H groups in total. The standard InChI is InChI=1S/C73H79B2F6GeN5O7/c1-45(2)68(88)19-14-15-33-86(41-49-35-51(72(76,77)78)22-29-64(49)74(90)91)44-63-56-18-13-12-17-55(56)62(43-87(34-16-32-83-71(89)46(3)4)42-50-36-52(73(79,80)81)23-30-65(50)75(92)93)57-26-20-47(37-60(57)63)48-21-31-69(94-11)61(38-48)70-58-27-24-53(84(7)8)39-66(58)82(5,6)67-40-54(85(9)10)25-28-59(67)70/h12-13,17-18,20-31,35-40,90-93H,1,3,14-16,19,32-34,41-44H2,2,4-11H3/p+1. The first-order valence-electron chi connectivity index (χ1n) is 31.2. The quantitative estimate of drug-likeness (QED) is 0.00935. The molecule has 0 radical (unpaired) electrons. The number of nitrogens with one attached hydrogen (secondary N) is 1. The molecule has 0 atom stereocenters. The number of unbranched alkanes of at least 4 members (excludes halogenated alkanes) is 1. The zero-order valence-corrected chi connectivity index (χ0v) is 56.7. The van der Waals surface area contributed by atoms with Gasteiger partial charge in [0.1, 0.15) is 0 Å². The van der Waals surface area contributed by atoms with Gasteiger partial charge in [0.25, 0.3) is 0 Å². The van der Waals surface area contributed by atoms with E-state index in [9.17, 15) is 56.0 Å². The molecule has 1 amide bonds. The fourth-order valence-electron chi connectivity index (χ4n) is 12.8. The fraction of sp³-hybridized carbons (Fsp3) is 0.301. The summed E-state index contributed by atoms with van der Waals surface area (Å²) in [6.07, 6.45) is -1.50. The number of amides is 1. The summed E-state index contributed by atoms with van der Waals surface area (Å²) < 4.78 is 98.2. The Hall–Kier alpha value is -7.82. The molecule has 0 fully saturated rings. The van der Waals surface area contributed by atoms with E-state index in [1.54, 1.807) is 21.0 Å². The number of Topliss-reactive ketones (excluding diaryl/α,β-unsaturated/α-hetero) is 1. The predicted molar refractivity (Wildman–Crippen MR) is 369 cm³/mol. The van der Waals surface area contributed by atoms with Crippen molar-refractivity contribution < 1.29 is 65.3 Å². The molecular weight excluding hydrogens is 1270 g/mol. The van der Waals surface area contributed by atoms with Crippen molar-refractivity contribution in [3.8, 4) is 16.9 Å². The Morgan fingerprint density at radius 2 is 1.19 bits per heavy atom. The molecule has 7 aromatic rings. The van der Waals surface area contributed by atoms with Crippen molar-refractivity contribution in [1.29, 1.82) is 0 Å². The summed E-state index contributed by atoms with van der Waals surface area (Å²) in [5.41, 5.74) is 7.91. The van der Waals surface area contributed by atoms with Crippen LogP contribution in [0.3, 0.4) is 0 Å². The number of benzene rings is 7. The first-order valence-corrected chi connectivity index (χ1v) is 37.5. The van der Waals surface area contributed by atoms with Gasteiger partial charge in [0.15, 0.2) is 5.78 Å². The van der Waals surface area contributed by atoms with E-state index in [-0.39, 0.29) is 91.6 Å². The Bertz CT molecular complexity index is 4250. The summed E-state index contributed by atoms with van der Waals surface area (Å²) in [5, 5.41) is 48.3. The number of rotatable bonds is 25. The van der Waals surface area contributed by atoms with Crippen LogP contribution in [0.1, 0.15) is 84.0 Å². The van der Waals surface area contributed by atoms with Gasteiger partial charge in [-0.2, -0.15) is 26.3 Å². The fourth-order valence-corrected chi connectivity index (χ4v) is 19.3. The monoisotopic (exact) mass is 1350 g/mol. The Morgan fingerprint density at radius 3 is 1.72 bits per heavy atom. The number of halogens is 6. The molecule has 0 spiro atoms. The molecule has 9 rings (SSSR count). The van der Waals surface area contributed by atoms with Crippen LogP contribution < -0.4 is 30.3 Å². The number of alkyl halides is 6. The van der Waals surface area contributed by atoms with Crippen LogP contribution in [0.2, 0.25) is 11.5 Å². The number of allylic oxidation sites excluding steroid dienone is 6. The third-order valence-electron chi connectivity index (χ3n) is 18.0. The van der Waals surface area contributed by atoms with Crippen molar-refractivity contribution in [1.82, 2.24) is 15.1 Å². The minimum absolute atomic E-state index is 0.0188. The number of carbonyl (C=O) groups excluding carboxylic acids is 2. The molecule has 0 unspecified atom stereocenters. The van der Waals surface area contributed by atoms with Crippen molar-refractivity contribution >= 4 is 93.0 Å². The van der Waals surface area contributed by atoms with Crippen molar-refractivity contribution in [3.63, 3.8) is 0 Å². The van der Waals surface area contributed by atoms with E-state index < -0.39 is 51.0 Å². The molecule has 1 aliphatic carbocycles. The van der Waals surface area contributed by atoms with E-state index in [1.165, 1.54) is 8.80 Å². The van der Waals surface area contributed by atoms with Gasteiger partial charge < -0.3 is 25.4 Å². The summed E-state index contributed by atoms with van der Waals surface area (Å²) in [6.45, 7) is 11.2. The molecule has 0 saturated carbocycles. The van der Waals surface area contributed by atoms with Gasteiger partial charge in [0.2, 0.25) is 5.91 Å². The topological polar surface area (TPSA) is 149 Å². The summed E-state index contributed by atoms with van der Waals surface area (Å²) in [4.78, 5) is 31.5. The number of hydrogen-bond donors (Lipinski definition) is 5. The van der Waals surface area contributed by atoms with Crippen molar-refractivity contribution in [2.45, 2.75) is 89.6 Å². The van der Waals surface area contributed by atoms with E-state index in [0.717, 1.165) is 114 Å². The zero-order valence-electron chi connectivity index (χ0n) is 54.6. The Labute approximate surface area is 549 Å². The van der Waals surface area contributed by atoms with Gasteiger partial charge in [-0.3, -0.25) is 14.5 Å². The molecule has 12 nitrogen and oxygen atoms in total. The normalized spacial score (nSPS) is 13.7. The number of anilines is 1. The molecule has 7 aromatic carbocycles. The third kappa shape index (κ3) is 15.6. The van der Waals surface area contributed by atoms with Crippen molar-refractivity contribution in [2.24, 2.45) is 0 Å². The molecule has 94 heavy (non-hydrogen) atoms.